The molecule has 0 aromatic heterocycles. The molecule has 0 atom stereocenters. The van der Waals surface area contributed by atoms with Gasteiger partial charge in [0, 0.05) is 57.8 Å². The van der Waals surface area contributed by atoms with Crippen LogP contribution in [-0.2, 0) is 15.9 Å². The SMILES string of the molecule is CCCCCCCCc1ccc(N(c2ccc(-c3ccc(N(c4ccccc4)c4ccccc4)cc3)cc2)c2ccc(-c3ccc(N(c4ccccc4)c4cccc(-c5cccc(OCCCCCOC6(C)COC6)c5)c4)cc3)cc2)cc1. The Morgan fingerprint density at radius 1 is 0.337 bits per heavy atom. The lowest BCUT2D eigenvalue weighted by Gasteiger charge is -2.37. The van der Waals surface area contributed by atoms with Gasteiger partial charge in [-0.1, -0.05) is 179 Å². The second-order valence-electron chi connectivity index (χ2n) is 22.2. The van der Waals surface area contributed by atoms with Gasteiger partial charge in [0.2, 0.25) is 0 Å². The van der Waals surface area contributed by atoms with Gasteiger partial charge in [-0.3, -0.25) is 0 Å². The number of hydrogen-bond acceptors (Lipinski definition) is 6. The highest BCUT2D eigenvalue weighted by molar-refractivity contribution is 5.84. The lowest BCUT2D eigenvalue weighted by atomic mass is 10.0. The Balaban J connectivity index is 0.809. The van der Waals surface area contributed by atoms with E-state index in [0.29, 0.717) is 19.8 Å². The van der Waals surface area contributed by atoms with Crippen LogP contribution < -0.4 is 19.4 Å². The van der Waals surface area contributed by atoms with Crippen molar-refractivity contribution in [1.29, 1.82) is 0 Å². The quantitative estimate of drug-likeness (QED) is 0.0478. The van der Waals surface area contributed by atoms with Gasteiger partial charge < -0.3 is 28.9 Å². The van der Waals surface area contributed by atoms with Gasteiger partial charge in [-0.15, -0.1) is 0 Å². The Morgan fingerprint density at radius 2 is 0.711 bits per heavy atom. The predicted molar refractivity (Wildman–Crippen MR) is 348 cm³/mol. The summed E-state index contributed by atoms with van der Waals surface area (Å²) < 4.78 is 17.6. The fraction of sp³-hybridized carbons (Fsp3) is 0.221. The van der Waals surface area contributed by atoms with Crippen molar-refractivity contribution in [3.05, 3.63) is 266 Å². The zero-order valence-corrected chi connectivity index (χ0v) is 48.3. The number of rotatable bonds is 27. The number of unbranched alkanes of at least 4 members (excludes halogenated alkanes) is 7. The molecule has 1 aliphatic rings. The minimum absolute atomic E-state index is 0.0954. The van der Waals surface area contributed by atoms with E-state index >= 15 is 0 Å². The van der Waals surface area contributed by atoms with Crippen LogP contribution in [0.3, 0.4) is 0 Å². The first-order valence-corrected chi connectivity index (χ1v) is 30.1. The average Bonchev–Trinajstić information content (AvgIpc) is 3.69. The van der Waals surface area contributed by atoms with E-state index in [-0.39, 0.29) is 5.60 Å². The molecule has 0 N–H and O–H groups in total. The molecular formula is C77H77N3O3. The fourth-order valence-corrected chi connectivity index (χ4v) is 11.2. The number of aryl methyl sites for hydroxylation is 1. The van der Waals surface area contributed by atoms with Crippen molar-refractivity contribution in [1.82, 2.24) is 0 Å². The Kier molecular flexibility index (Phi) is 18.9. The molecule has 1 heterocycles. The molecule has 1 aliphatic heterocycles. The van der Waals surface area contributed by atoms with E-state index in [0.717, 1.165) is 111 Å². The molecule has 11 rings (SSSR count). The lowest BCUT2D eigenvalue weighted by Crippen LogP contribution is -2.49. The van der Waals surface area contributed by atoms with Gasteiger partial charge in [0.1, 0.15) is 11.4 Å². The van der Waals surface area contributed by atoms with E-state index in [4.69, 9.17) is 14.2 Å². The first-order valence-electron chi connectivity index (χ1n) is 30.1. The van der Waals surface area contributed by atoms with E-state index < -0.39 is 0 Å². The van der Waals surface area contributed by atoms with Crippen LogP contribution in [0.2, 0.25) is 0 Å². The van der Waals surface area contributed by atoms with Gasteiger partial charge in [0.15, 0.2) is 0 Å². The maximum Gasteiger partial charge on any atom is 0.119 e. The molecule has 0 bridgehead atoms. The summed E-state index contributed by atoms with van der Waals surface area (Å²) in [5, 5.41) is 0. The summed E-state index contributed by atoms with van der Waals surface area (Å²) in [6.07, 6.45) is 12.0. The average molecular weight is 1090 g/mol. The standard InChI is InChI=1S/C77H77N3O3/c1-3-4-5-6-7-12-23-60-34-44-70(45-35-60)79(72-48-38-62(39-49-72)61-36-46-71(47-37-61)78(67-26-13-8-14-27-67)68-28-15-9-16-29-68)73-50-40-63(41-51-73)64-42-52-74(53-43-64)80(69-30-17-10-18-31-69)75-32-21-24-65(56-75)66-25-22-33-76(57-66)82-54-19-11-20-55-83-77(2)58-81-59-77/h8-10,13-18,21-22,24-53,56-57H,3-7,11-12,19-20,23,54-55,58-59H2,1-2H3. The van der Waals surface area contributed by atoms with Gasteiger partial charge in [0.05, 0.1) is 19.8 Å². The molecule has 1 saturated heterocycles. The number of anilines is 9. The fourth-order valence-electron chi connectivity index (χ4n) is 11.2. The van der Waals surface area contributed by atoms with Crippen LogP contribution in [-0.4, -0.2) is 32.0 Å². The van der Waals surface area contributed by atoms with E-state index in [9.17, 15) is 0 Å². The summed E-state index contributed by atoms with van der Waals surface area (Å²) in [4.78, 5) is 7.02. The van der Waals surface area contributed by atoms with Crippen LogP contribution in [0.4, 0.5) is 51.2 Å². The highest BCUT2D eigenvalue weighted by atomic mass is 16.6. The lowest BCUT2D eigenvalue weighted by molar-refractivity contribution is -0.199. The predicted octanol–water partition coefficient (Wildman–Crippen LogP) is 21.4. The van der Waals surface area contributed by atoms with Crippen LogP contribution in [0.1, 0.15) is 77.2 Å². The second kappa shape index (κ2) is 27.9. The smallest absolute Gasteiger partial charge is 0.119 e. The molecule has 1 fully saturated rings. The molecule has 83 heavy (non-hydrogen) atoms. The first-order chi connectivity index (χ1) is 41.0. The molecule has 0 aliphatic carbocycles. The summed E-state index contributed by atoms with van der Waals surface area (Å²) in [5.74, 6) is 0.884. The molecule has 0 spiro atoms. The third-order valence-corrected chi connectivity index (χ3v) is 15.8. The number of ether oxygens (including phenoxy) is 3. The summed E-state index contributed by atoms with van der Waals surface area (Å²) >= 11 is 0. The van der Waals surface area contributed by atoms with Crippen molar-refractivity contribution in [2.45, 2.75) is 83.7 Å². The molecule has 10 aromatic carbocycles. The van der Waals surface area contributed by atoms with Crippen molar-refractivity contribution >= 4 is 51.2 Å². The first kappa shape index (κ1) is 56.2. The number of benzene rings is 10. The highest BCUT2D eigenvalue weighted by Crippen LogP contribution is 2.41. The maximum absolute atomic E-state index is 6.27. The summed E-state index contributed by atoms with van der Waals surface area (Å²) in [6, 6.07) is 94.2. The van der Waals surface area contributed by atoms with Crippen LogP contribution >= 0.6 is 0 Å². The molecule has 0 amide bonds. The van der Waals surface area contributed by atoms with Gasteiger partial charge in [-0.25, -0.2) is 0 Å². The molecule has 6 nitrogen and oxygen atoms in total. The minimum Gasteiger partial charge on any atom is -0.494 e. The Morgan fingerprint density at radius 3 is 1.17 bits per heavy atom. The topological polar surface area (TPSA) is 37.4 Å². The number of para-hydroxylation sites is 3. The zero-order chi connectivity index (χ0) is 56.5. The second-order valence-corrected chi connectivity index (χ2v) is 22.2. The number of nitrogens with zero attached hydrogens (tertiary/aromatic N) is 3. The molecular weight excluding hydrogens is 1010 g/mol. The summed E-state index contributed by atoms with van der Waals surface area (Å²) in [5.41, 5.74) is 18.2. The Hall–Kier alpha value is -8.68. The van der Waals surface area contributed by atoms with Crippen molar-refractivity contribution in [3.63, 3.8) is 0 Å². The van der Waals surface area contributed by atoms with Crippen molar-refractivity contribution in [2.24, 2.45) is 0 Å². The molecule has 418 valence electrons. The van der Waals surface area contributed by atoms with Crippen LogP contribution in [0.15, 0.2) is 261 Å². The Bertz CT molecular complexity index is 3510. The van der Waals surface area contributed by atoms with E-state index in [2.05, 4.69) is 289 Å². The van der Waals surface area contributed by atoms with Gasteiger partial charge in [0.25, 0.3) is 0 Å². The highest BCUT2D eigenvalue weighted by Gasteiger charge is 2.34. The van der Waals surface area contributed by atoms with Crippen LogP contribution in [0.5, 0.6) is 5.75 Å². The number of hydrogen-bond donors (Lipinski definition) is 0. The monoisotopic (exact) mass is 1090 g/mol. The van der Waals surface area contributed by atoms with Gasteiger partial charge in [-0.05, 0) is 199 Å². The van der Waals surface area contributed by atoms with Gasteiger partial charge >= 0.3 is 0 Å². The summed E-state index contributed by atoms with van der Waals surface area (Å²) in [6.45, 7) is 7.24. The normalized spacial score (nSPS) is 12.6. The largest absolute Gasteiger partial charge is 0.494 e. The third kappa shape index (κ3) is 14.5. The third-order valence-electron chi connectivity index (χ3n) is 15.8. The van der Waals surface area contributed by atoms with Crippen molar-refractivity contribution in [2.75, 3.05) is 41.1 Å². The minimum atomic E-state index is -0.0954. The van der Waals surface area contributed by atoms with E-state index in [1.54, 1.807) is 0 Å². The molecule has 0 saturated carbocycles. The Labute approximate surface area is 493 Å². The molecule has 6 heteroatoms. The molecule has 10 aromatic rings. The summed E-state index contributed by atoms with van der Waals surface area (Å²) in [7, 11) is 0. The van der Waals surface area contributed by atoms with E-state index in [1.165, 1.54) is 55.2 Å². The van der Waals surface area contributed by atoms with Crippen LogP contribution in [0.25, 0.3) is 33.4 Å². The van der Waals surface area contributed by atoms with E-state index in [1.807, 2.05) is 0 Å². The van der Waals surface area contributed by atoms with Crippen molar-refractivity contribution in [3.8, 4) is 39.1 Å². The maximum atomic E-state index is 6.27. The van der Waals surface area contributed by atoms with Crippen molar-refractivity contribution < 1.29 is 14.2 Å². The zero-order valence-electron chi connectivity index (χ0n) is 48.3. The van der Waals surface area contributed by atoms with Crippen LogP contribution in [0, 0.1) is 0 Å². The van der Waals surface area contributed by atoms with Gasteiger partial charge in [-0.2, -0.15) is 0 Å². The molecule has 0 unspecified atom stereocenters. The molecule has 0 radical (unpaired) electrons.